The maximum atomic E-state index is 12.8. The number of oxime groups is 1. The molecule has 0 spiro atoms. The number of carbonyl (C=O) groups excluding carboxylic acids is 1. The number of hydrogen-bond acceptors (Lipinski definition) is 3. The van der Waals surface area contributed by atoms with Crippen LogP contribution in [-0.4, -0.2) is 41.1 Å². The van der Waals surface area contributed by atoms with Crippen LogP contribution in [-0.2, 0) is 4.79 Å². The molecular formula is C13H20F3N3O2. The Hall–Kier alpha value is -1.47. The Kier molecular flexibility index (Phi) is 4.34. The molecule has 0 aromatic heterocycles. The summed E-state index contributed by atoms with van der Waals surface area (Å²) < 4.78 is 38.5. The van der Waals surface area contributed by atoms with Gasteiger partial charge in [0.05, 0.1) is 5.92 Å². The van der Waals surface area contributed by atoms with Crippen molar-refractivity contribution < 1.29 is 23.2 Å². The zero-order chi connectivity index (χ0) is 15.7. The normalized spacial score (nSPS) is 26.9. The van der Waals surface area contributed by atoms with Crippen LogP contribution in [0.3, 0.4) is 0 Å². The lowest BCUT2D eigenvalue weighted by atomic mass is 9.82. The van der Waals surface area contributed by atoms with Crippen molar-refractivity contribution in [2.45, 2.75) is 44.7 Å². The van der Waals surface area contributed by atoms with E-state index in [9.17, 15) is 18.0 Å². The Morgan fingerprint density at radius 2 is 1.90 bits per heavy atom. The molecule has 1 unspecified atom stereocenters. The van der Waals surface area contributed by atoms with Gasteiger partial charge in [0.1, 0.15) is 5.41 Å². The van der Waals surface area contributed by atoms with Crippen molar-refractivity contribution >= 4 is 11.7 Å². The molecule has 1 aliphatic carbocycles. The van der Waals surface area contributed by atoms with E-state index in [1.165, 1.54) is 4.90 Å². The number of amidine groups is 1. The highest BCUT2D eigenvalue weighted by molar-refractivity contribution is 6.07. The minimum Gasteiger partial charge on any atom is -0.409 e. The van der Waals surface area contributed by atoms with E-state index in [0.717, 1.165) is 12.8 Å². The second-order valence-corrected chi connectivity index (χ2v) is 5.91. The summed E-state index contributed by atoms with van der Waals surface area (Å²) in [6.07, 6.45) is -1.58. The maximum absolute atomic E-state index is 12.8. The van der Waals surface area contributed by atoms with Crippen LogP contribution in [0.2, 0.25) is 0 Å². The number of rotatable bonds is 2. The van der Waals surface area contributed by atoms with Gasteiger partial charge in [0.25, 0.3) is 0 Å². The highest BCUT2D eigenvalue weighted by Crippen LogP contribution is 2.42. The van der Waals surface area contributed by atoms with Gasteiger partial charge in [-0.05, 0) is 25.7 Å². The Bertz CT molecular complexity index is 431. The molecule has 1 amide bonds. The first-order valence-corrected chi connectivity index (χ1v) is 7.15. The number of piperidine rings is 1. The third-order valence-electron chi connectivity index (χ3n) is 4.64. The van der Waals surface area contributed by atoms with Crippen LogP contribution in [0.4, 0.5) is 13.2 Å². The summed E-state index contributed by atoms with van der Waals surface area (Å²) in [5, 5.41) is 11.9. The molecule has 2 aliphatic rings. The monoisotopic (exact) mass is 307 g/mol. The van der Waals surface area contributed by atoms with Gasteiger partial charge in [-0.1, -0.05) is 18.0 Å². The minimum absolute atomic E-state index is 0.0455. The minimum atomic E-state index is -4.29. The predicted molar refractivity (Wildman–Crippen MR) is 69.7 cm³/mol. The van der Waals surface area contributed by atoms with E-state index >= 15 is 0 Å². The lowest BCUT2D eigenvalue weighted by molar-refractivity contribution is -0.189. The summed E-state index contributed by atoms with van der Waals surface area (Å²) in [6, 6.07) is 0. The average molecular weight is 307 g/mol. The lowest BCUT2D eigenvalue weighted by Gasteiger charge is -2.38. The van der Waals surface area contributed by atoms with Crippen molar-refractivity contribution in [3.05, 3.63) is 0 Å². The van der Waals surface area contributed by atoms with Gasteiger partial charge in [0.15, 0.2) is 5.84 Å². The van der Waals surface area contributed by atoms with Crippen LogP contribution in [0.5, 0.6) is 0 Å². The third-order valence-corrected chi connectivity index (χ3v) is 4.64. The van der Waals surface area contributed by atoms with E-state index in [4.69, 9.17) is 10.9 Å². The summed E-state index contributed by atoms with van der Waals surface area (Å²) >= 11 is 0. The molecule has 0 aromatic carbocycles. The molecule has 120 valence electrons. The van der Waals surface area contributed by atoms with E-state index in [-0.39, 0.29) is 18.8 Å². The number of hydrogen-bond donors (Lipinski definition) is 2. The molecule has 1 aliphatic heterocycles. The SMILES string of the molecule is NC(=NO)C1(C(=O)N2CCCC(C(F)(F)F)C2)CCCC1. The first-order chi connectivity index (χ1) is 9.81. The molecule has 1 heterocycles. The predicted octanol–water partition coefficient (Wildman–Crippen LogP) is 2.09. The molecule has 3 N–H and O–H groups in total. The number of likely N-dealkylation sites (tertiary alicyclic amines) is 1. The fourth-order valence-corrected chi connectivity index (χ4v) is 3.39. The molecule has 21 heavy (non-hydrogen) atoms. The third kappa shape index (κ3) is 2.94. The zero-order valence-corrected chi connectivity index (χ0v) is 11.7. The first-order valence-electron chi connectivity index (χ1n) is 7.15. The molecule has 2 fully saturated rings. The average Bonchev–Trinajstić information content (AvgIpc) is 2.95. The topological polar surface area (TPSA) is 78.9 Å². The highest BCUT2D eigenvalue weighted by atomic mass is 19.4. The van der Waals surface area contributed by atoms with Crippen LogP contribution in [0.15, 0.2) is 5.16 Å². The van der Waals surface area contributed by atoms with Gasteiger partial charge in [-0.2, -0.15) is 13.2 Å². The maximum Gasteiger partial charge on any atom is 0.393 e. The smallest absolute Gasteiger partial charge is 0.393 e. The lowest BCUT2D eigenvalue weighted by Crippen LogP contribution is -2.54. The fraction of sp³-hybridized carbons (Fsp3) is 0.846. The molecule has 5 nitrogen and oxygen atoms in total. The van der Waals surface area contributed by atoms with Gasteiger partial charge in [-0.3, -0.25) is 4.79 Å². The Morgan fingerprint density at radius 1 is 1.29 bits per heavy atom. The molecule has 0 aromatic rings. The zero-order valence-electron chi connectivity index (χ0n) is 11.7. The van der Waals surface area contributed by atoms with E-state index in [1.54, 1.807) is 0 Å². The van der Waals surface area contributed by atoms with E-state index in [0.29, 0.717) is 25.8 Å². The molecule has 0 radical (unpaired) electrons. The number of nitrogens with zero attached hydrogens (tertiary/aromatic N) is 2. The van der Waals surface area contributed by atoms with Gasteiger partial charge < -0.3 is 15.8 Å². The molecule has 2 rings (SSSR count). The second kappa shape index (κ2) is 5.73. The van der Waals surface area contributed by atoms with Gasteiger partial charge in [0, 0.05) is 13.1 Å². The summed E-state index contributed by atoms with van der Waals surface area (Å²) in [6.45, 7) is -0.0331. The van der Waals surface area contributed by atoms with Gasteiger partial charge >= 0.3 is 6.18 Å². The molecule has 1 atom stereocenters. The Morgan fingerprint density at radius 3 is 2.43 bits per heavy atom. The van der Waals surface area contributed by atoms with Crippen LogP contribution >= 0.6 is 0 Å². The number of alkyl halides is 3. The van der Waals surface area contributed by atoms with Gasteiger partial charge in [-0.15, -0.1) is 0 Å². The van der Waals surface area contributed by atoms with Crippen LogP contribution in [0.1, 0.15) is 38.5 Å². The molecule has 1 saturated carbocycles. The molecule has 1 saturated heterocycles. The van der Waals surface area contributed by atoms with Crippen molar-refractivity contribution in [3.8, 4) is 0 Å². The van der Waals surface area contributed by atoms with Crippen LogP contribution in [0, 0.1) is 11.3 Å². The number of carbonyl (C=O) groups is 1. The summed E-state index contributed by atoms with van der Waals surface area (Å²) in [5.74, 6) is -2.09. The standard InChI is InChI=1S/C13H20F3N3O2/c14-13(15,16)9-4-3-7-19(8-9)11(20)12(10(17)18-21)5-1-2-6-12/h9,21H,1-8H2,(H2,17,18). The molecule has 0 bridgehead atoms. The van der Waals surface area contributed by atoms with Crippen LogP contribution < -0.4 is 5.73 Å². The summed E-state index contributed by atoms with van der Waals surface area (Å²) in [4.78, 5) is 13.9. The number of amides is 1. The highest BCUT2D eigenvalue weighted by Gasteiger charge is 2.50. The Labute approximate surface area is 121 Å². The number of nitrogens with two attached hydrogens (primary N) is 1. The van der Waals surface area contributed by atoms with Crippen molar-refractivity contribution in [1.82, 2.24) is 4.90 Å². The van der Waals surface area contributed by atoms with Crippen molar-refractivity contribution in [3.63, 3.8) is 0 Å². The quantitative estimate of drug-likeness (QED) is 0.355. The second-order valence-electron chi connectivity index (χ2n) is 5.91. The fourth-order valence-electron chi connectivity index (χ4n) is 3.39. The largest absolute Gasteiger partial charge is 0.409 e. The number of halogens is 3. The van der Waals surface area contributed by atoms with Crippen molar-refractivity contribution in [2.75, 3.05) is 13.1 Å². The van der Waals surface area contributed by atoms with E-state index < -0.39 is 23.4 Å². The van der Waals surface area contributed by atoms with E-state index in [2.05, 4.69) is 5.16 Å². The molecular weight excluding hydrogens is 287 g/mol. The first kappa shape index (κ1) is 15.9. The van der Waals surface area contributed by atoms with Crippen molar-refractivity contribution in [2.24, 2.45) is 22.2 Å². The van der Waals surface area contributed by atoms with Crippen LogP contribution in [0.25, 0.3) is 0 Å². The molecule has 8 heteroatoms. The summed E-state index contributed by atoms with van der Waals surface area (Å²) in [5.41, 5.74) is 4.55. The Balaban J connectivity index is 2.18. The van der Waals surface area contributed by atoms with Gasteiger partial charge in [0.2, 0.25) is 5.91 Å². The van der Waals surface area contributed by atoms with Gasteiger partial charge in [-0.25, -0.2) is 0 Å². The summed E-state index contributed by atoms with van der Waals surface area (Å²) in [7, 11) is 0. The van der Waals surface area contributed by atoms with Crippen molar-refractivity contribution in [1.29, 1.82) is 0 Å². The van der Waals surface area contributed by atoms with E-state index in [1.807, 2.05) is 0 Å².